The molecule has 3 atom stereocenters. The van der Waals surface area contributed by atoms with Crippen LogP contribution in [0, 0.1) is 16.7 Å². The van der Waals surface area contributed by atoms with Crippen LogP contribution < -0.4 is 4.74 Å². The number of aromatic hydroxyl groups is 1. The van der Waals surface area contributed by atoms with Crippen molar-refractivity contribution in [3.8, 4) is 11.5 Å². The Kier molecular flexibility index (Phi) is 3.90. The number of carbonyl (C=O) groups excluding carboxylic acids is 1. The van der Waals surface area contributed by atoms with Gasteiger partial charge in [-0.15, -0.1) is 0 Å². The lowest BCUT2D eigenvalue weighted by molar-refractivity contribution is -0.123. The molecule has 0 radical (unpaired) electrons. The molecule has 1 heterocycles. The van der Waals surface area contributed by atoms with E-state index >= 15 is 0 Å². The highest BCUT2D eigenvalue weighted by Gasteiger charge is 2.72. The van der Waals surface area contributed by atoms with Gasteiger partial charge in [-0.25, -0.2) is 12.7 Å². The van der Waals surface area contributed by atoms with Crippen molar-refractivity contribution in [2.75, 3.05) is 12.9 Å². The fourth-order valence-corrected chi connectivity index (χ4v) is 8.13. The van der Waals surface area contributed by atoms with E-state index in [-0.39, 0.29) is 28.4 Å². The molecule has 7 heteroatoms. The zero-order chi connectivity index (χ0) is 19.6. The number of benzene rings is 1. The van der Waals surface area contributed by atoms with Crippen molar-refractivity contribution in [3.05, 3.63) is 29.8 Å². The molecule has 27 heavy (non-hydrogen) atoms. The highest BCUT2D eigenvalue weighted by Crippen LogP contribution is 2.69. The van der Waals surface area contributed by atoms with E-state index in [4.69, 9.17) is 4.74 Å². The van der Waals surface area contributed by atoms with E-state index in [1.165, 1.54) is 19.3 Å². The Bertz CT molecular complexity index is 936. The van der Waals surface area contributed by atoms with Crippen molar-refractivity contribution >= 4 is 22.0 Å². The van der Waals surface area contributed by atoms with Crippen LogP contribution in [0.3, 0.4) is 0 Å². The Hall–Kier alpha value is -2.02. The Morgan fingerprint density at radius 1 is 1.37 bits per heavy atom. The fraction of sp³-hybridized carbons (Fsp3) is 0.550. The normalized spacial score (nSPS) is 32.8. The average Bonchev–Trinajstić information content (AvgIpc) is 3.08. The summed E-state index contributed by atoms with van der Waals surface area (Å²) in [4.78, 5) is 12.9. The second-order valence-electron chi connectivity index (χ2n) is 8.52. The molecular formula is C20H25NO5S. The molecule has 1 spiro atoms. The van der Waals surface area contributed by atoms with E-state index < -0.39 is 15.9 Å². The van der Waals surface area contributed by atoms with Crippen LogP contribution >= 0.6 is 0 Å². The molecule has 2 bridgehead atoms. The third-order valence-corrected chi connectivity index (χ3v) is 9.16. The van der Waals surface area contributed by atoms with Gasteiger partial charge in [0.15, 0.2) is 11.5 Å². The summed E-state index contributed by atoms with van der Waals surface area (Å²) in [5.41, 5.74) is 0.271. The van der Waals surface area contributed by atoms with Gasteiger partial charge in [0, 0.05) is 11.5 Å². The topological polar surface area (TPSA) is 83.9 Å². The highest BCUT2D eigenvalue weighted by molar-refractivity contribution is 7.90. The lowest BCUT2D eigenvalue weighted by Gasteiger charge is -2.36. The molecule has 1 saturated heterocycles. The third-order valence-electron chi connectivity index (χ3n) is 7.25. The maximum Gasteiger partial charge on any atom is 0.260 e. The summed E-state index contributed by atoms with van der Waals surface area (Å²) in [6.07, 6.45) is 5.55. The smallest absolute Gasteiger partial charge is 0.260 e. The van der Waals surface area contributed by atoms with Crippen LogP contribution in [0.15, 0.2) is 24.3 Å². The summed E-state index contributed by atoms with van der Waals surface area (Å²) in [5.74, 6) is 0.355. The number of fused-ring (bicyclic) bond motifs is 1. The van der Waals surface area contributed by atoms with Crippen molar-refractivity contribution in [3.63, 3.8) is 0 Å². The van der Waals surface area contributed by atoms with Crippen LogP contribution in [-0.4, -0.2) is 42.6 Å². The molecule has 0 aromatic heterocycles. The maximum absolute atomic E-state index is 12.9. The number of hydrogen-bond acceptors (Lipinski definition) is 5. The zero-order valence-electron chi connectivity index (χ0n) is 15.8. The van der Waals surface area contributed by atoms with E-state index in [0.29, 0.717) is 17.2 Å². The number of phenols is 1. The Morgan fingerprint density at radius 2 is 2.11 bits per heavy atom. The van der Waals surface area contributed by atoms with Crippen LogP contribution in [0.1, 0.15) is 38.7 Å². The lowest BCUT2D eigenvalue weighted by atomic mass is 9.69. The maximum atomic E-state index is 12.9. The number of rotatable bonds is 3. The Labute approximate surface area is 159 Å². The van der Waals surface area contributed by atoms with E-state index in [1.807, 2.05) is 0 Å². The van der Waals surface area contributed by atoms with Crippen LogP contribution in [0.5, 0.6) is 11.5 Å². The predicted molar refractivity (Wildman–Crippen MR) is 102 cm³/mol. The SMILES string of the molecule is COc1cc(/C=C/C(=O)N2[C@H]3C[C@@H]4CC[C@@]3(CS2(=O)=O)C4(C)C)ccc1O. The number of phenolic OH excluding ortho intramolecular Hbond substituents is 1. The van der Waals surface area contributed by atoms with E-state index in [9.17, 15) is 18.3 Å². The van der Waals surface area contributed by atoms with Crippen molar-refractivity contribution < 1.29 is 23.1 Å². The minimum atomic E-state index is -3.62. The fourth-order valence-electron chi connectivity index (χ4n) is 5.62. The number of nitrogens with zero attached hydrogens (tertiary/aromatic N) is 1. The van der Waals surface area contributed by atoms with Crippen molar-refractivity contribution in [2.24, 2.45) is 16.7 Å². The second kappa shape index (κ2) is 5.74. The van der Waals surface area contributed by atoms with Crippen LogP contribution in [0.2, 0.25) is 0 Å². The Morgan fingerprint density at radius 3 is 2.78 bits per heavy atom. The van der Waals surface area contributed by atoms with Gasteiger partial charge in [-0.2, -0.15) is 0 Å². The first kappa shape index (κ1) is 18.3. The summed E-state index contributed by atoms with van der Waals surface area (Å²) >= 11 is 0. The first-order valence-electron chi connectivity index (χ1n) is 9.23. The molecule has 2 saturated carbocycles. The van der Waals surface area contributed by atoms with Gasteiger partial charge in [-0.3, -0.25) is 4.79 Å². The molecule has 1 aliphatic heterocycles. The van der Waals surface area contributed by atoms with Crippen molar-refractivity contribution in [1.82, 2.24) is 4.31 Å². The number of sulfonamides is 1. The first-order chi connectivity index (χ1) is 12.6. The van der Waals surface area contributed by atoms with Gasteiger partial charge < -0.3 is 9.84 Å². The quantitative estimate of drug-likeness (QED) is 0.801. The van der Waals surface area contributed by atoms with Gasteiger partial charge in [0.05, 0.1) is 18.9 Å². The van der Waals surface area contributed by atoms with Crippen LogP contribution in [0.25, 0.3) is 6.08 Å². The number of methoxy groups -OCH3 is 1. The van der Waals surface area contributed by atoms with Crippen molar-refractivity contribution in [2.45, 2.75) is 39.2 Å². The largest absolute Gasteiger partial charge is 0.504 e. The number of ether oxygens (including phenoxy) is 1. The molecule has 0 unspecified atom stereocenters. The Balaban J connectivity index is 1.63. The summed E-state index contributed by atoms with van der Waals surface area (Å²) in [5, 5.41) is 9.66. The first-order valence-corrected chi connectivity index (χ1v) is 10.8. The molecule has 2 aliphatic carbocycles. The van der Waals surface area contributed by atoms with Gasteiger partial charge in [0.1, 0.15) is 0 Å². The molecule has 1 N–H and O–H groups in total. The van der Waals surface area contributed by atoms with Crippen LogP contribution in [0.4, 0.5) is 0 Å². The van der Waals surface area contributed by atoms with Gasteiger partial charge in [-0.05, 0) is 54.4 Å². The zero-order valence-corrected chi connectivity index (χ0v) is 16.6. The molecule has 6 nitrogen and oxygen atoms in total. The molecular weight excluding hydrogens is 366 g/mol. The third kappa shape index (κ3) is 2.43. The molecule has 4 rings (SSSR count). The lowest BCUT2D eigenvalue weighted by Crippen LogP contribution is -2.43. The van der Waals surface area contributed by atoms with E-state index in [2.05, 4.69) is 13.8 Å². The number of carbonyl (C=O) groups is 1. The number of amides is 1. The van der Waals surface area contributed by atoms with Gasteiger partial charge in [-0.1, -0.05) is 19.9 Å². The predicted octanol–water partition coefficient (Wildman–Crippen LogP) is 2.78. The van der Waals surface area contributed by atoms with Crippen LogP contribution in [-0.2, 0) is 14.8 Å². The van der Waals surface area contributed by atoms with E-state index in [0.717, 1.165) is 23.6 Å². The molecule has 3 fully saturated rings. The molecule has 146 valence electrons. The van der Waals surface area contributed by atoms with E-state index in [1.54, 1.807) is 18.2 Å². The molecule has 1 amide bonds. The minimum Gasteiger partial charge on any atom is -0.504 e. The standard InChI is InChI=1S/C20H25NO5S/c1-19(2)14-8-9-20(19)12-27(24,25)21(17(20)11-14)18(23)7-5-13-4-6-15(22)16(10-13)26-3/h4-7,10,14,17,22H,8-9,11-12H2,1-3H3/b7-5+/t14-,17-,20-/m0/s1. The van der Waals surface area contributed by atoms with Gasteiger partial charge in [0.2, 0.25) is 10.0 Å². The van der Waals surface area contributed by atoms with Gasteiger partial charge in [0.25, 0.3) is 5.91 Å². The second-order valence-corrected chi connectivity index (χ2v) is 10.4. The van der Waals surface area contributed by atoms with Crippen molar-refractivity contribution in [1.29, 1.82) is 0 Å². The average molecular weight is 391 g/mol. The molecule has 3 aliphatic rings. The van der Waals surface area contributed by atoms with Gasteiger partial charge >= 0.3 is 0 Å². The highest BCUT2D eigenvalue weighted by atomic mass is 32.2. The summed E-state index contributed by atoms with van der Waals surface area (Å²) < 4.78 is 31.9. The monoisotopic (exact) mass is 391 g/mol. The summed E-state index contributed by atoms with van der Waals surface area (Å²) in [7, 11) is -2.17. The molecule has 1 aromatic carbocycles. The number of hydrogen-bond donors (Lipinski definition) is 1. The molecule has 1 aromatic rings. The summed E-state index contributed by atoms with van der Waals surface area (Å²) in [6.45, 7) is 4.32. The minimum absolute atomic E-state index is 0.00857. The summed E-state index contributed by atoms with van der Waals surface area (Å²) in [6, 6.07) is 4.48.